The average Bonchev–Trinajstić information content (AvgIpc) is 2.12. The third-order valence-corrected chi connectivity index (χ3v) is 2.17. The molecule has 1 aliphatic heterocycles. The summed E-state index contributed by atoms with van der Waals surface area (Å²) >= 11 is 0. The van der Waals surface area contributed by atoms with Gasteiger partial charge in [-0.25, -0.2) is 4.39 Å². The van der Waals surface area contributed by atoms with Crippen LogP contribution in [-0.2, 0) is 0 Å². The molecule has 0 bridgehead atoms. The topological polar surface area (TPSA) is 15.3 Å². The Morgan fingerprint density at radius 3 is 3.08 bits per heavy atom. The van der Waals surface area contributed by atoms with Crippen LogP contribution in [0.15, 0.2) is 24.3 Å². The van der Waals surface area contributed by atoms with Crippen molar-refractivity contribution in [1.29, 1.82) is 0 Å². The van der Waals surface area contributed by atoms with Crippen LogP contribution >= 0.6 is 0 Å². The van der Waals surface area contributed by atoms with Gasteiger partial charge in [-0.05, 0) is 12.1 Å². The van der Waals surface area contributed by atoms with Gasteiger partial charge in [0.1, 0.15) is 0 Å². The lowest BCUT2D eigenvalue weighted by Gasteiger charge is -2.31. The van der Waals surface area contributed by atoms with Crippen molar-refractivity contribution in [3.8, 4) is 0 Å². The van der Waals surface area contributed by atoms with Crippen molar-refractivity contribution in [1.82, 2.24) is 0 Å². The van der Waals surface area contributed by atoms with Crippen LogP contribution in [0, 0.1) is 0 Å². The van der Waals surface area contributed by atoms with Gasteiger partial charge in [0.25, 0.3) is 0 Å². The third kappa shape index (κ3) is 1.02. The van der Waals surface area contributed by atoms with E-state index in [9.17, 15) is 4.39 Å². The first kappa shape index (κ1) is 7.40. The highest BCUT2D eigenvalue weighted by atomic mass is 19.1. The van der Waals surface area contributed by atoms with E-state index in [0.717, 1.165) is 11.4 Å². The lowest BCUT2D eigenvalue weighted by Crippen LogP contribution is -2.38. The van der Waals surface area contributed by atoms with Crippen LogP contribution in [-0.4, -0.2) is 19.9 Å². The Morgan fingerprint density at radius 1 is 1.50 bits per heavy atom. The van der Waals surface area contributed by atoms with Crippen molar-refractivity contribution in [2.45, 2.75) is 6.30 Å². The number of para-hydroxylation sites is 2. The van der Waals surface area contributed by atoms with Crippen molar-refractivity contribution in [2.75, 3.05) is 23.8 Å². The minimum atomic E-state index is -0.917. The number of anilines is 2. The predicted molar refractivity (Wildman–Crippen MR) is 48.2 cm³/mol. The number of alkyl halides is 1. The number of fused-ring (bicyclic) bond motifs is 1. The maximum Gasteiger partial charge on any atom is 0.189 e. The number of benzene rings is 1. The molecule has 12 heavy (non-hydrogen) atoms. The van der Waals surface area contributed by atoms with E-state index in [1.54, 1.807) is 11.9 Å². The molecule has 0 aromatic heterocycles. The zero-order valence-corrected chi connectivity index (χ0v) is 6.92. The highest BCUT2D eigenvalue weighted by Gasteiger charge is 2.20. The molecule has 1 heterocycles. The van der Waals surface area contributed by atoms with Gasteiger partial charge in [-0.2, -0.15) is 0 Å². The number of halogens is 1. The second kappa shape index (κ2) is 2.66. The van der Waals surface area contributed by atoms with Gasteiger partial charge in [-0.3, -0.25) is 0 Å². The van der Waals surface area contributed by atoms with Gasteiger partial charge in [0, 0.05) is 7.05 Å². The van der Waals surface area contributed by atoms with Gasteiger partial charge in [-0.15, -0.1) is 0 Å². The van der Waals surface area contributed by atoms with Gasteiger partial charge >= 0.3 is 0 Å². The summed E-state index contributed by atoms with van der Waals surface area (Å²) in [6.07, 6.45) is -0.917. The van der Waals surface area contributed by atoms with Crippen LogP contribution in [0.4, 0.5) is 15.8 Å². The second-order valence-electron chi connectivity index (χ2n) is 2.94. The van der Waals surface area contributed by atoms with Crippen LogP contribution in [0.2, 0.25) is 0 Å². The quantitative estimate of drug-likeness (QED) is 0.592. The zero-order valence-electron chi connectivity index (χ0n) is 6.92. The Kier molecular flexibility index (Phi) is 1.64. The standard InChI is InChI=1S/C9H11FN2/c1-12-8-5-3-2-4-7(8)11-6-9(12)10/h2-5,9,11H,6H2,1H3. The molecule has 0 amide bonds. The molecule has 0 saturated heterocycles. The van der Waals surface area contributed by atoms with E-state index in [1.165, 1.54) is 0 Å². The predicted octanol–water partition coefficient (Wildman–Crippen LogP) is 1.84. The molecule has 0 spiro atoms. The normalized spacial score (nSPS) is 21.5. The first-order valence-corrected chi connectivity index (χ1v) is 3.99. The SMILES string of the molecule is CN1c2ccccc2NCC1F. The van der Waals surface area contributed by atoms with Crippen LogP contribution in [0.3, 0.4) is 0 Å². The number of rotatable bonds is 0. The minimum absolute atomic E-state index is 0.369. The van der Waals surface area contributed by atoms with Crippen LogP contribution in [0.25, 0.3) is 0 Å². The van der Waals surface area contributed by atoms with Crippen LogP contribution < -0.4 is 10.2 Å². The van der Waals surface area contributed by atoms with E-state index in [4.69, 9.17) is 0 Å². The molecule has 1 aromatic carbocycles. The number of nitrogens with one attached hydrogen (secondary N) is 1. The van der Waals surface area contributed by atoms with Crippen molar-refractivity contribution in [3.05, 3.63) is 24.3 Å². The highest BCUT2D eigenvalue weighted by molar-refractivity contribution is 5.71. The van der Waals surface area contributed by atoms with Crippen LogP contribution in [0.5, 0.6) is 0 Å². The number of hydrogen-bond acceptors (Lipinski definition) is 2. The molecule has 1 aromatic rings. The Labute approximate surface area is 71.0 Å². The lowest BCUT2D eigenvalue weighted by atomic mass is 10.2. The highest BCUT2D eigenvalue weighted by Crippen LogP contribution is 2.29. The molecular formula is C9H11FN2. The zero-order chi connectivity index (χ0) is 8.55. The molecule has 2 rings (SSSR count). The summed E-state index contributed by atoms with van der Waals surface area (Å²) in [5.74, 6) is 0. The second-order valence-corrected chi connectivity index (χ2v) is 2.94. The fourth-order valence-electron chi connectivity index (χ4n) is 1.41. The van der Waals surface area contributed by atoms with Crippen molar-refractivity contribution in [2.24, 2.45) is 0 Å². The fraction of sp³-hybridized carbons (Fsp3) is 0.333. The average molecular weight is 166 g/mol. The van der Waals surface area contributed by atoms with Crippen molar-refractivity contribution in [3.63, 3.8) is 0 Å². The van der Waals surface area contributed by atoms with Crippen LogP contribution in [0.1, 0.15) is 0 Å². The van der Waals surface area contributed by atoms with E-state index in [0.29, 0.717) is 6.54 Å². The Morgan fingerprint density at radius 2 is 2.25 bits per heavy atom. The van der Waals surface area contributed by atoms with E-state index in [-0.39, 0.29) is 0 Å². The lowest BCUT2D eigenvalue weighted by molar-refractivity contribution is 0.341. The smallest absolute Gasteiger partial charge is 0.189 e. The molecule has 2 nitrogen and oxygen atoms in total. The fourth-order valence-corrected chi connectivity index (χ4v) is 1.41. The van der Waals surface area contributed by atoms with E-state index < -0.39 is 6.30 Å². The summed E-state index contributed by atoms with van der Waals surface area (Å²) in [4.78, 5) is 1.64. The number of nitrogens with zero attached hydrogens (tertiary/aromatic N) is 1. The molecular weight excluding hydrogens is 155 g/mol. The maximum absolute atomic E-state index is 13.1. The number of hydrogen-bond donors (Lipinski definition) is 1. The van der Waals surface area contributed by atoms with E-state index in [2.05, 4.69) is 5.32 Å². The Hall–Kier alpha value is -1.25. The van der Waals surface area contributed by atoms with E-state index in [1.807, 2.05) is 24.3 Å². The number of likely N-dealkylation sites (N-methyl/N-ethyl adjacent to an activating group) is 1. The van der Waals surface area contributed by atoms with Gasteiger partial charge in [-0.1, -0.05) is 12.1 Å². The molecule has 0 fully saturated rings. The first-order chi connectivity index (χ1) is 5.79. The summed E-state index contributed by atoms with van der Waals surface area (Å²) in [5.41, 5.74) is 1.94. The summed E-state index contributed by atoms with van der Waals surface area (Å²) in [5, 5.41) is 3.03. The molecule has 1 aliphatic rings. The monoisotopic (exact) mass is 166 g/mol. The molecule has 1 atom stereocenters. The first-order valence-electron chi connectivity index (χ1n) is 3.99. The molecule has 64 valence electrons. The van der Waals surface area contributed by atoms with Crippen molar-refractivity contribution >= 4 is 11.4 Å². The Bertz CT molecular complexity index is 288. The Balaban J connectivity index is 2.42. The maximum atomic E-state index is 13.1. The molecule has 3 heteroatoms. The molecule has 1 N–H and O–H groups in total. The molecule has 0 saturated carbocycles. The van der Waals surface area contributed by atoms with Crippen molar-refractivity contribution < 1.29 is 4.39 Å². The third-order valence-electron chi connectivity index (χ3n) is 2.17. The molecule has 0 radical (unpaired) electrons. The van der Waals surface area contributed by atoms with E-state index >= 15 is 0 Å². The summed E-state index contributed by atoms with van der Waals surface area (Å²) in [7, 11) is 1.77. The van der Waals surface area contributed by atoms with Gasteiger partial charge in [0.15, 0.2) is 6.30 Å². The largest absolute Gasteiger partial charge is 0.379 e. The van der Waals surface area contributed by atoms with Gasteiger partial charge in [0.05, 0.1) is 17.9 Å². The molecule has 0 aliphatic carbocycles. The minimum Gasteiger partial charge on any atom is -0.379 e. The summed E-state index contributed by atoms with van der Waals surface area (Å²) in [6.45, 7) is 0.369. The van der Waals surface area contributed by atoms with Gasteiger partial charge in [0.2, 0.25) is 0 Å². The summed E-state index contributed by atoms with van der Waals surface area (Å²) < 4.78 is 13.1. The van der Waals surface area contributed by atoms with Gasteiger partial charge < -0.3 is 10.2 Å². The summed E-state index contributed by atoms with van der Waals surface area (Å²) in [6, 6.07) is 7.72. The molecule has 1 unspecified atom stereocenters.